The maximum atomic E-state index is 12.9. The molecule has 0 bridgehead atoms. The van der Waals surface area contributed by atoms with E-state index in [1.54, 1.807) is 23.7 Å². The molecule has 33 heavy (non-hydrogen) atoms. The van der Waals surface area contributed by atoms with E-state index in [0.717, 1.165) is 11.4 Å². The predicted molar refractivity (Wildman–Crippen MR) is 129 cm³/mol. The molecule has 0 spiro atoms. The molecule has 2 amide bonds. The smallest absolute Gasteiger partial charge is 0.306 e. The molecule has 2 aromatic rings. The average molecular weight is 477 g/mol. The minimum absolute atomic E-state index is 0.00297. The Morgan fingerprint density at radius 3 is 2.36 bits per heavy atom. The first-order valence-corrected chi connectivity index (χ1v) is 11.5. The minimum atomic E-state index is -0.423. The van der Waals surface area contributed by atoms with Crippen LogP contribution in [0.5, 0.6) is 0 Å². The Hall–Kier alpha value is -2.87. The third kappa shape index (κ3) is 7.89. The van der Waals surface area contributed by atoms with Gasteiger partial charge in [0.2, 0.25) is 11.8 Å². The summed E-state index contributed by atoms with van der Waals surface area (Å²) in [6.45, 7) is 10.3. The van der Waals surface area contributed by atoms with Crippen LogP contribution in [0.2, 0.25) is 5.02 Å². The Kier molecular flexibility index (Phi) is 9.46. The zero-order valence-corrected chi connectivity index (χ0v) is 20.7. The van der Waals surface area contributed by atoms with Gasteiger partial charge in [-0.05, 0) is 37.6 Å². The summed E-state index contributed by atoms with van der Waals surface area (Å²) in [4.78, 5) is 38.5. The number of aromatic nitrogens is 2. The molecule has 1 aromatic heterocycles. The van der Waals surface area contributed by atoms with Crippen LogP contribution < -0.4 is 5.32 Å². The average Bonchev–Trinajstić information content (AvgIpc) is 3.16. The van der Waals surface area contributed by atoms with E-state index >= 15 is 0 Å². The number of nitrogens with one attached hydrogen (secondary N) is 1. The largest absolute Gasteiger partial charge is 0.466 e. The molecular weight excluding hydrogens is 444 g/mol. The summed E-state index contributed by atoms with van der Waals surface area (Å²) in [6, 6.07) is 8.98. The van der Waals surface area contributed by atoms with Gasteiger partial charge in [0.25, 0.3) is 0 Å². The van der Waals surface area contributed by atoms with Gasteiger partial charge in [-0.3, -0.25) is 14.4 Å². The van der Waals surface area contributed by atoms with E-state index in [9.17, 15) is 14.4 Å². The summed E-state index contributed by atoms with van der Waals surface area (Å²) < 4.78 is 6.53. The molecule has 8 nitrogen and oxygen atoms in total. The molecule has 1 N–H and O–H groups in total. The minimum Gasteiger partial charge on any atom is -0.466 e. The van der Waals surface area contributed by atoms with Crippen molar-refractivity contribution in [3.63, 3.8) is 0 Å². The van der Waals surface area contributed by atoms with Crippen molar-refractivity contribution in [2.75, 3.05) is 25.0 Å². The Labute approximate surface area is 200 Å². The van der Waals surface area contributed by atoms with E-state index in [1.807, 2.05) is 45.9 Å². The van der Waals surface area contributed by atoms with Crippen molar-refractivity contribution in [2.45, 2.75) is 59.3 Å². The molecule has 0 radical (unpaired) electrons. The molecule has 0 unspecified atom stereocenters. The van der Waals surface area contributed by atoms with Gasteiger partial charge in [0, 0.05) is 29.5 Å². The van der Waals surface area contributed by atoms with Crippen LogP contribution in [0, 0.1) is 0 Å². The van der Waals surface area contributed by atoms with Gasteiger partial charge in [-0.15, -0.1) is 0 Å². The molecule has 0 saturated carbocycles. The maximum Gasteiger partial charge on any atom is 0.306 e. The lowest BCUT2D eigenvalue weighted by Gasteiger charge is -2.21. The van der Waals surface area contributed by atoms with Gasteiger partial charge in [0.1, 0.15) is 5.82 Å². The van der Waals surface area contributed by atoms with Gasteiger partial charge in [0.05, 0.1) is 31.0 Å². The van der Waals surface area contributed by atoms with Gasteiger partial charge >= 0.3 is 5.97 Å². The maximum absolute atomic E-state index is 12.9. The highest BCUT2D eigenvalue weighted by molar-refractivity contribution is 6.30. The number of amides is 2. The van der Waals surface area contributed by atoms with Gasteiger partial charge < -0.3 is 15.0 Å². The van der Waals surface area contributed by atoms with Crippen LogP contribution >= 0.6 is 11.6 Å². The van der Waals surface area contributed by atoms with Crippen LogP contribution in [0.3, 0.4) is 0 Å². The number of carbonyl (C=O) groups excluding carboxylic acids is 3. The Morgan fingerprint density at radius 2 is 1.79 bits per heavy atom. The highest BCUT2D eigenvalue weighted by Crippen LogP contribution is 2.26. The number of esters is 1. The second-order valence-corrected chi connectivity index (χ2v) is 9.16. The van der Waals surface area contributed by atoms with E-state index in [2.05, 4.69) is 10.4 Å². The highest BCUT2D eigenvalue weighted by Gasteiger charge is 2.23. The molecular formula is C24H33ClN4O4. The van der Waals surface area contributed by atoms with Gasteiger partial charge in [-0.25, -0.2) is 4.68 Å². The standard InChI is InChI=1S/C24H33ClN4O4/c1-6-14-28(22(31)12-13-23(32)33-7-2)16-21(30)26-20-15-19(24(3,4)5)27-29(20)18-10-8-17(25)9-11-18/h8-11,15H,6-7,12-14,16H2,1-5H3,(H,26,30). The third-order valence-corrected chi connectivity index (χ3v) is 5.10. The van der Waals surface area contributed by atoms with Gasteiger partial charge in [-0.2, -0.15) is 5.10 Å². The molecule has 0 aliphatic rings. The van der Waals surface area contributed by atoms with Gasteiger partial charge in [-0.1, -0.05) is 39.3 Å². The molecule has 1 heterocycles. The number of hydrogen-bond donors (Lipinski definition) is 1. The highest BCUT2D eigenvalue weighted by atomic mass is 35.5. The quantitative estimate of drug-likeness (QED) is 0.515. The molecule has 9 heteroatoms. The van der Waals surface area contributed by atoms with Crippen LogP contribution in [-0.2, 0) is 24.5 Å². The first kappa shape index (κ1) is 26.4. The molecule has 0 aliphatic heterocycles. The third-order valence-electron chi connectivity index (χ3n) is 4.85. The van der Waals surface area contributed by atoms with Crippen molar-refractivity contribution < 1.29 is 19.1 Å². The normalized spacial score (nSPS) is 11.2. The SMILES string of the molecule is CCCN(CC(=O)Nc1cc(C(C)(C)C)nn1-c1ccc(Cl)cc1)C(=O)CCC(=O)OCC. The number of hydrogen-bond acceptors (Lipinski definition) is 5. The fraction of sp³-hybridized carbons (Fsp3) is 0.500. The molecule has 2 rings (SSSR count). The molecule has 0 fully saturated rings. The number of ether oxygens (including phenoxy) is 1. The number of carbonyl (C=O) groups is 3. The Bertz CT molecular complexity index is 964. The van der Waals surface area contributed by atoms with Crippen LogP contribution in [0.25, 0.3) is 5.69 Å². The van der Waals surface area contributed by atoms with Gasteiger partial charge in [0.15, 0.2) is 0 Å². The second kappa shape index (κ2) is 11.8. The van der Waals surface area contributed by atoms with Crippen molar-refractivity contribution in [3.8, 4) is 5.69 Å². The molecule has 0 saturated heterocycles. The predicted octanol–water partition coefficient (Wildman–Crippen LogP) is 4.34. The lowest BCUT2D eigenvalue weighted by Crippen LogP contribution is -2.39. The number of benzene rings is 1. The van der Waals surface area contributed by atoms with Crippen molar-refractivity contribution in [1.29, 1.82) is 0 Å². The topological polar surface area (TPSA) is 93.5 Å². The van der Waals surface area contributed by atoms with Crippen LogP contribution in [0.1, 0.15) is 59.6 Å². The summed E-state index contributed by atoms with van der Waals surface area (Å²) in [6.07, 6.45) is 0.686. The zero-order chi connectivity index (χ0) is 24.6. The van der Waals surface area contributed by atoms with E-state index < -0.39 is 5.97 Å². The summed E-state index contributed by atoms with van der Waals surface area (Å²) in [7, 11) is 0. The first-order valence-electron chi connectivity index (χ1n) is 11.1. The number of halogens is 1. The monoisotopic (exact) mass is 476 g/mol. The lowest BCUT2D eigenvalue weighted by atomic mass is 9.92. The molecule has 0 aliphatic carbocycles. The first-order chi connectivity index (χ1) is 15.5. The number of nitrogens with zero attached hydrogens (tertiary/aromatic N) is 3. The van der Waals surface area contributed by atoms with Crippen LogP contribution in [0.15, 0.2) is 30.3 Å². The lowest BCUT2D eigenvalue weighted by molar-refractivity contribution is -0.145. The van der Waals surface area contributed by atoms with E-state index in [4.69, 9.17) is 16.3 Å². The van der Waals surface area contributed by atoms with E-state index in [0.29, 0.717) is 23.8 Å². The van der Waals surface area contributed by atoms with Crippen molar-refractivity contribution in [1.82, 2.24) is 14.7 Å². The van der Waals surface area contributed by atoms with Crippen LogP contribution in [-0.4, -0.2) is 52.2 Å². The van der Waals surface area contributed by atoms with Crippen molar-refractivity contribution in [2.24, 2.45) is 0 Å². The molecule has 0 atom stereocenters. The summed E-state index contributed by atoms with van der Waals surface area (Å²) >= 11 is 6.01. The second-order valence-electron chi connectivity index (χ2n) is 8.72. The number of anilines is 1. The summed E-state index contributed by atoms with van der Waals surface area (Å²) in [5, 5.41) is 8.17. The Balaban J connectivity index is 2.18. The fourth-order valence-corrected chi connectivity index (χ4v) is 3.26. The van der Waals surface area contributed by atoms with E-state index in [-0.39, 0.29) is 43.2 Å². The Morgan fingerprint density at radius 1 is 1.12 bits per heavy atom. The van der Waals surface area contributed by atoms with Crippen LogP contribution in [0.4, 0.5) is 5.82 Å². The van der Waals surface area contributed by atoms with Crippen molar-refractivity contribution in [3.05, 3.63) is 41.0 Å². The summed E-state index contributed by atoms with van der Waals surface area (Å²) in [5.41, 5.74) is 1.33. The fourth-order valence-electron chi connectivity index (χ4n) is 3.13. The number of rotatable bonds is 10. The molecule has 1 aromatic carbocycles. The van der Waals surface area contributed by atoms with E-state index in [1.165, 1.54) is 4.90 Å². The van der Waals surface area contributed by atoms with Crippen molar-refractivity contribution >= 4 is 35.2 Å². The zero-order valence-electron chi connectivity index (χ0n) is 20.0. The summed E-state index contributed by atoms with van der Waals surface area (Å²) in [5.74, 6) is -0.527. The molecule has 180 valence electrons.